The molecule has 0 radical (unpaired) electrons. The minimum atomic E-state index is -0.671. The molecule has 2 aromatic carbocycles. The van der Waals surface area contributed by atoms with Gasteiger partial charge < -0.3 is 10.1 Å². The molecule has 0 aromatic heterocycles. The summed E-state index contributed by atoms with van der Waals surface area (Å²) in [6, 6.07) is 16.6. The molecule has 0 amide bonds. The van der Waals surface area contributed by atoms with Gasteiger partial charge in [0.15, 0.2) is 5.54 Å². The summed E-state index contributed by atoms with van der Waals surface area (Å²) in [6.45, 7) is 2.06. The Labute approximate surface area is 125 Å². The highest BCUT2D eigenvalue weighted by Crippen LogP contribution is 2.41. The van der Waals surface area contributed by atoms with Gasteiger partial charge in [0.2, 0.25) is 0 Å². The Kier molecular flexibility index (Phi) is 3.31. The molecular formula is C18H18N2O. The van der Waals surface area contributed by atoms with Gasteiger partial charge in [-0.05, 0) is 43.0 Å². The molecule has 1 unspecified atom stereocenters. The number of fused-ring (bicyclic) bond motifs is 1. The number of ether oxygens (including phenoxy) is 1. The second-order valence-electron chi connectivity index (χ2n) is 5.50. The van der Waals surface area contributed by atoms with E-state index in [1.165, 1.54) is 11.1 Å². The van der Waals surface area contributed by atoms with Gasteiger partial charge in [-0.3, -0.25) is 0 Å². The lowest BCUT2D eigenvalue weighted by Crippen LogP contribution is -2.31. The lowest BCUT2D eigenvalue weighted by molar-refractivity contribution is 0.415. The van der Waals surface area contributed by atoms with Crippen LogP contribution in [-0.2, 0) is 12.0 Å². The molecule has 0 bridgehead atoms. The molecule has 3 rings (SSSR count). The highest BCUT2D eigenvalue weighted by molar-refractivity contribution is 5.62. The fourth-order valence-corrected chi connectivity index (χ4v) is 3.01. The average Bonchev–Trinajstić information content (AvgIpc) is 2.86. The zero-order valence-electron chi connectivity index (χ0n) is 12.3. The molecule has 0 fully saturated rings. The topological polar surface area (TPSA) is 45.0 Å². The Morgan fingerprint density at radius 1 is 1.24 bits per heavy atom. The molecule has 0 spiro atoms. The Balaban J connectivity index is 2.05. The van der Waals surface area contributed by atoms with E-state index < -0.39 is 5.54 Å². The van der Waals surface area contributed by atoms with Crippen LogP contribution in [0.2, 0.25) is 0 Å². The minimum Gasteiger partial charge on any atom is -0.495 e. The first-order valence-corrected chi connectivity index (χ1v) is 7.11. The molecule has 1 aliphatic rings. The van der Waals surface area contributed by atoms with E-state index >= 15 is 0 Å². The van der Waals surface area contributed by atoms with E-state index in [4.69, 9.17) is 4.74 Å². The number of nitrogens with zero attached hydrogens (tertiary/aromatic N) is 1. The maximum atomic E-state index is 9.83. The van der Waals surface area contributed by atoms with Crippen LogP contribution < -0.4 is 10.1 Å². The Morgan fingerprint density at radius 3 is 2.81 bits per heavy atom. The quantitative estimate of drug-likeness (QED) is 0.929. The standard InChI is InChI=1S/C18H18N2O/c1-13-7-8-14-9-10-18(12-19,15(14)11-13)20-16-5-3-4-6-17(16)21-2/h3-8,11,20H,9-10H2,1-2H3. The molecular weight excluding hydrogens is 260 g/mol. The number of nitriles is 1. The summed E-state index contributed by atoms with van der Waals surface area (Å²) in [5.41, 5.74) is 3.71. The van der Waals surface area contributed by atoms with Crippen molar-refractivity contribution in [2.45, 2.75) is 25.3 Å². The van der Waals surface area contributed by atoms with Crippen molar-refractivity contribution in [3.05, 3.63) is 59.2 Å². The van der Waals surface area contributed by atoms with Crippen LogP contribution in [0, 0.1) is 18.3 Å². The second kappa shape index (κ2) is 5.14. The fourth-order valence-electron chi connectivity index (χ4n) is 3.01. The first kappa shape index (κ1) is 13.5. The average molecular weight is 278 g/mol. The molecule has 0 heterocycles. The van der Waals surface area contributed by atoms with Gasteiger partial charge in [0.1, 0.15) is 5.75 Å². The maximum Gasteiger partial charge on any atom is 0.151 e. The number of anilines is 1. The van der Waals surface area contributed by atoms with Gasteiger partial charge in [-0.15, -0.1) is 0 Å². The highest BCUT2D eigenvalue weighted by atomic mass is 16.5. The third kappa shape index (κ3) is 2.23. The highest BCUT2D eigenvalue weighted by Gasteiger charge is 2.39. The smallest absolute Gasteiger partial charge is 0.151 e. The van der Waals surface area contributed by atoms with Gasteiger partial charge >= 0.3 is 0 Å². The largest absolute Gasteiger partial charge is 0.495 e. The zero-order valence-corrected chi connectivity index (χ0v) is 12.3. The third-order valence-electron chi connectivity index (χ3n) is 4.14. The van der Waals surface area contributed by atoms with E-state index in [1.807, 2.05) is 24.3 Å². The Morgan fingerprint density at radius 2 is 2.05 bits per heavy atom. The van der Waals surface area contributed by atoms with Crippen LogP contribution in [0.3, 0.4) is 0 Å². The van der Waals surface area contributed by atoms with Gasteiger partial charge in [0, 0.05) is 0 Å². The summed E-state index contributed by atoms with van der Waals surface area (Å²) in [5.74, 6) is 0.758. The van der Waals surface area contributed by atoms with Crippen LogP contribution in [0.25, 0.3) is 0 Å². The number of aryl methyl sites for hydroxylation is 2. The lowest BCUT2D eigenvalue weighted by Gasteiger charge is -2.26. The lowest BCUT2D eigenvalue weighted by atomic mass is 9.92. The van der Waals surface area contributed by atoms with Gasteiger partial charge in [-0.2, -0.15) is 5.26 Å². The van der Waals surface area contributed by atoms with Crippen molar-refractivity contribution in [1.29, 1.82) is 5.26 Å². The summed E-state index contributed by atoms with van der Waals surface area (Å²) in [5, 5.41) is 13.2. The van der Waals surface area contributed by atoms with E-state index in [9.17, 15) is 5.26 Å². The third-order valence-corrected chi connectivity index (χ3v) is 4.14. The predicted molar refractivity (Wildman–Crippen MR) is 83.4 cm³/mol. The number of nitrogens with one attached hydrogen (secondary N) is 1. The molecule has 1 atom stereocenters. The van der Waals surface area contributed by atoms with Crippen LogP contribution in [0.1, 0.15) is 23.1 Å². The molecule has 1 aliphatic carbocycles. The molecule has 0 aliphatic heterocycles. The number of para-hydroxylation sites is 2. The molecule has 1 N–H and O–H groups in total. The number of methoxy groups -OCH3 is 1. The van der Waals surface area contributed by atoms with Crippen LogP contribution in [0.4, 0.5) is 5.69 Å². The molecule has 2 aromatic rings. The molecule has 106 valence electrons. The fraction of sp³-hybridized carbons (Fsp3) is 0.278. The second-order valence-corrected chi connectivity index (χ2v) is 5.50. The van der Waals surface area contributed by atoms with Crippen molar-refractivity contribution < 1.29 is 4.74 Å². The van der Waals surface area contributed by atoms with Crippen molar-refractivity contribution >= 4 is 5.69 Å². The summed E-state index contributed by atoms with van der Waals surface area (Å²) >= 11 is 0. The molecule has 3 heteroatoms. The molecule has 0 saturated carbocycles. The number of hydrogen-bond donors (Lipinski definition) is 1. The van der Waals surface area contributed by atoms with E-state index in [0.717, 1.165) is 29.8 Å². The Bertz CT molecular complexity index is 717. The van der Waals surface area contributed by atoms with Crippen molar-refractivity contribution in [3.8, 4) is 11.8 Å². The first-order valence-electron chi connectivity index (χ1n) is 7.11. The van der Waals surface area contributed by atoms with E-state index in [1.54, 1.807) is 7.11 Å². The van der Waals surface area contributed by atoms with Gasteiger partial charge in [0.25, 0.3) is 0 Å². The van der Waals surface area contributed by atoms with Gasteiger partial charge in [-0.25, -0.2) is 0 Å². The number of hydrogen-bond acceptors (Lipinski definition) is 3. The van der Waals surface area contributed by atoms with E-state index in [0.29, 0.717) is 0 Å². The summed E-state index contributed by atoms with van der Waals surface area (Å²) in [7, 11) is 1.65. The predicted octanol–water partition coefficient (Wildman–Crippen LogP) is 3.78. The Hall–Kier alpha value is -2.47. The van der Waals surface area contributed by atoms with E-state index in [2.05, 4.69) is 36.5 Å². The van der Waals surface area contributed by atoms with Crippen molar-refractivity contribution in [1.82, 2.24) is 0 Å². The normalized spacial score (nSPS) is 19.7. The van der Waals surface area contributed by atoms with Crippen molar-refractivity contribution in [2.75, 3.05) is 12.4 Å². The number of rotatable bonds is 3. The minimum absolute atomic E-state index is 0.671. The summed E-state index contributed by atoms with van der Waals surface area (Å²) in [4.78, 5) is 0. The van der Waals surface area contributed by atoms with Crippen molar-refractivity contribution in [2.24, 2.45) is 0 Å². The van der Waals surface area contributed by atoms with Crippen LogP contribution in [0.15, 0.2) is 42.5 Å². The van der Waals surface area contributed by atoms with Gasteiger partial charge in [0.05, 0.1) is 18.9 Å². The van der Waals surface area contributed by atoms with Crippen LogP contribution in [0.5, 0.6) is 5.75 Å². The van der Waals surface area contributed by atoms with Crippen LogP contribution >= 0.6 is 0 Å². The van der Waals surface area contributed by atoms with Crippen LogP contribution in [-0.4, -0.2) is 7.11 Å². The number of benzene rings is 2. The summed E-state index contributed by atoms with van der Waals surface area (Å²) in [6.07, 6.45) is 1.70. The molecule has 3 nitrogen and oxygen atoms in total. The molecule has 21 heavy (non-hydrogen) atoms. The van der Waals surface area contributed by atoms with Crippen molar-refractivity contribution in [3.63, 3.8) is 0 Å². The maximum absolute atomic E-state index is 9.83. The SMILES string of the molecule is COc1ccccc1NC1(C#N)CCc2ccc(C)cc21. The molecule has 0 saturated heterocycles. The monoisotopic (exact) mass is 278 g/mol. The van der Waals surface area contributed by atoms with E-state index in [-0.39, 0.29) is 0 Å². The zero-order chi connectivity index (χ0) is 14.9. The summed E-state index contributed by atoms with van der Waals surface area (Å²) < 4.78 is 5.38. The van der Waals surface area contributed by atoms with Gasteiger partial charge in [-0.1, -0.05) is 35.9 Å². The first-order chi connectivity index (χ1) is 10.2.